The third kappa shape index (κ3) is 4.73. The summed E-state index contributed by atoms with van der Waals surface area (Å²) in [6.07, 6.45) is 1.07. The molecule has 2 heteroatoms. The molecule has 0 radical (unpaired) electrons. The van der Waals surface area contributed by atoms with E-state index in [0.29, 0.717) is 0 Å². The highest BCUT2D eigenvalue weighted by molar-refractivity contribution is 4.68. The molecule has 0 aliphatic carbocycles. The molecule has 0 saturated heterocycles. The van der Waals surface area contributed by atoms with Crippen LogP contribution in [0.2, 0.25) is 0 Å². The van der Waals surface area contributed by atoms with Gasteiger partial charge < -0.3 is 10.0 Å². The number of nitrogens with zero attached hydrogens (tertiary/aromatic N) is 1. The van der Waals surface area contributed by atoms with E-state index in [0.717, 1.165) is 26.1 Å². The molecule has 0 spiro atoms. The molecule has 0 aliphatic heterocycles. The summed E-state index contributed by atoms with van der Waals surface area (Å²) >= 11 is 0. The van der Waals surface area contributed by atoms with Crippen molar-refractivity contribution in [1.29, 1.82) is 0 Å². The number of hydrogen-bond donors (Lipinski definition) is 1. The first-order valence-corrected chi connectivity index (χ1v) is 4.89. The lowest BCUT2D eigenvalue weighted by atomic mass is 9.90. The standard InChI is InChI=1S/C10H23NO/c1-5-11(6-2)8-7-10(3,4)9-12/h12H,5-9H2,1-4H3. The van der Waals surface area contributed by atoms with Crippen LogP contribution in [0.3, 0.4) is 0 Å². The predicted molar refractivity (Wildman–Crippen MR) is 53.3 cm³/mol. The van der Waals surface area contributed by atoms with E-state index < -0.39 is 0 Å². The molecule has 0 saturated carbocycles. The van der Waals surface area contributed by atoms with Crippen molar-refractivity contribution < 1.29 is 5.11 Å². The Balaban J connectivity index is 3.65. The third-order valence-corrected chi connectivity index (χ3v) is 2.43. The summed E-state index contributed by atoms with van der Waals surface area (Å²) in [5.74, 6) is 0. The summed E-state index contributed by atoms with van der Waals surface area (Å²) < 4.78 is 0. The Labute approximate surface area is 76.6 Å². The summed E-state index contributed by atoms with van der Waals surface area (Å²) in [7, 11) is 0. The van der Waals surface area contributed by atoms with Gasteiger partial charge in [-0.2, -0.15) is 0 Å². The molecule has 0 fully saturated rings. The molecule has 0 unspecified atom stereocenters. The van der Waals surface area contributed by atoms with E-state index in [1.54, 1.807) is 0 Å². The van der Waals surface area contributed by atoms with E-state index >= 15 is 0 Å². The van der Waals surface area contributed by atoms with Gasteiger partial charge in [0.15, 0.2) is 0 Å². The maximum atomic E-state index is 9.03. The number of hydrogen-bond acceptors (Lipinski definition) is 2. The van der Waals surface area contributed by atoms with Crippen molar-refractivity contribution in [1.82, 2.24) is 4.90 Å². The van der Waals surface area contributed by atoms with Crippen LogP contribution in [0, 0.1) is 5.41 Å². The molecule has 0 atom stereocenters. The van der Waals surface area contributed by atoms with Gasteiger partial charge in [-0.05, 0) is 31.5 Å². The molecular formula is C10H23NO. The van der Waals surface area contributed by atoms with Crippen molar-refractivity contribution in [3.8, 4) is 0 Å². The predicted octanol–water partition coefficient (Wildman–Crippen LogP) is 1.74. The van der Waals surface area contributed by atoms with Gasteiger partial charge in [0.2, 0.25) is 0 Å². The van der Waals surface area contributed by atoms with Crippen LogP contribution in [0.15, 0.2) is 0 Å². The minimum Gasteiger partial charge on any atom is -0.396 e. The zero-order chi connectivity index (χ0) is 9.61. The molecular weight excluding hydrogens is 150 g/mol. The van der Waals surface area contributed by atoms with Crippen LogP contribution >= 0.6 is 0 Å². The summed E-state index contributed by atoms with van der Waals surface area (Å²) in [6, 6.07) is 0. The van der Waals surface area contributed by atoms with Crippen LogP contribution in [0.5, 0.6) is 0 Å². The lowest BCUT2D eigenvalue weighted by Crippen LogP contribution is -2.29. The zero-order valence-electron chi connectivity index (χ0n) is 8.93. The first-order valence-electron chi connectivity index (χ1n) is 4.89. The minimum absolute atomic E-state index is 0.0859. The van der Waals surface area contributed by atoms with E-state index in [2.05, 4.69) is 32.6 Å². The van der Waals surface area contributed by atoms with Gasteiger partial charge in [0.1, 0.15) is 0 Å². The monoisotopic (exact) mass is 173 g/mol. The molecule has 0 aromatic heterocycles. The molecule has 0 heterocycles. The fourth-order valence-corrected chi connectivity index (χ4v) is 1.08. The molecule has 1 N–H and O–H groups in total. The number of aliphatic hydroxyl groups is 1. The normalized spacial score (nSPS) is 12.5. The van der Waals surface area contributed by atoms with E-state index in [9.17, 15) is 0 Å². The van der Waals surface area contributed by atoms with Crippen LogP contribution in [-0.4, -0.2) is 36.2 Å². The molecule has 0 aromatic rings. The third-order valence-electron chi connectivity index (χ3n) is 2.43. The summed E-state index contributed by atoms with van der Waals surface area (Å²) in [4.78, 5) is 2.39. The highest BCUT2D eigenvalue weighted by Crippen LogP contribution is 2.18. The Morgan fingerprint density at radius 1 is 1.17 bits per heavy atom. The van der Waals surface area contributed by atoms with Crippen LogP contribution in [0.1, 0.15) is 34.1 Å². The van der Waals surface area contributed by atoms with E-state index in [4.69, 9.17) is 5.11 Å². The molecule has 12 heavy (non-hydrogen) atoms. The second-order valence-electron chi connectivity index (χ2n) is 4.10. The highest BCUT2D eigenvalue weighted by Gasteiger charge is 2.16. The average molecular weight is 173 g/mol. The van der Waals surface area contributed by atoms with Gasteiger partial charge in [-0.25, -0.2) is 0 Å². The van der Waals surface area contributed by atoms with Crippen molar-refractivity contribution in [2.75, 3.05) is 26.2 Å². The Morgan fingerprint density at radius 2 is 1.67 bits per heavy atom. The first kappa shape index (κ1) is 11.9. The van der Waals surface area contributed by atoms with Gasteiger partial charge >= 0.3 is 0 Å². The van der Waals surface area contributed by atoms with Crippen LogP contribution in [0.25, 0.3) is 0 Å². The van der Waals surface area contributed by atoms with E-state index in [1.165, 1.54) is 0 Å². The number of rotatable bonds is 6. The lowest BCUT2D eigenvalue weighted by Gasteiger charge is -2.26. The van der Waals surface area contributed by atoms with Gasteiger partial charge in [-0.1, -0.05) is 27.7 Å². The Hall–Kier alpha value is -0.0800. The Morgan fingerprint density at radius 3 is 2.00 bits per heavy atom. The quantitative estimate of drug-likeness (QED) is 0.661. The van der Waals surface area contributed by atoms with Gasteiger partial charge in [-0.15, -0.1) is 0 Å². The van der Waals surface area contributed by atoms with Gasteiger partial charge in [-0.3, -0.25) is 0 Å². The van der Waals surface area contributed by atoms with Crippen LogP contribution < -0.4 is 0 Å². The summed E-state index contributed by atoms with van der Waals surface area (Å²) in [5, 5.41) is 9.03. The van der Waals surface area contributed by atoms with Crippen LogP contribution in [0.4, 0.5) is 0 Å². The van der Waals surface area contributed by atoms with Crippen LogP contribution in [-0.2, 0) is 0 Å². The molecule has 0 rings (SSSR count). The average Bonchev–Trinajstić information content (AvgIpc) is 2.06. The largest absolute Gasteiger partial charge is 0.396 e. The maximum Gasteiger partial charge on any atom is 0.0482 e. The first-order chi connectivity index (χ1) is 5.55. The topological polar surface area (TPSA) is 23.5 Å². The highest BCUT2D eigenvalue weighted by atomic mass is 16.3. The molecule has 0 aliphatic rings. The van der Waals surface area contributed by atoms with Gasteiger partial charge in [0.25, 0.3) is 0 Å². The van der Waals surface area contributed by atoms with Crippen molar-refractivity contribution in [2.45, 2.75) is 34.1 Å². The van der Waals surface area contributed by atoms with E-state index in [1.807, 2.05) is 0 Å². The fourth-order valence-electron chi connectivity index (χ4n) is 1.08. The maximum absolute atomic E-state index is 9.03. The summed E-state index contributed by atoms with van der Waals surface area (Å²) in [5.41, 5.74) is 0.0859. The molecule has 74 valence electrons. The smallest absolute Gasteiger partial charge is 0.0482 e. The molecule has 0 aromatic carbocycles. The Kier molecular flexibility index (Phi) is 5.51. The molecule has 2 nitrogen and oxygen atoms in total. The van der Waals surface area contributed by atoms with Crippen molar-refractivity contribution in [3.05, 3.63) is 0 Å². The minimum atomic E-state index is 0.0859. The Bertz CT molecular complexity index is 108. The van der Waals surface area contributed by atoms with Crippen molar-refractivity contribution >= 4 is 0 Å². The zero-order valence-corrected chi connectivity index (χ0v) is 8.93. The molecule has 0 bridgehead atoms. The van der Waals surface area contributed by atoms with E-state index in [-0.39, 0.29) is 12.0 Å². The molecule has 0 amide bonds. The second kappa shape index (κ2) is 5.55. The summed E-state index contributed by atoms with van der Waals surface area (Å²) in [6.45, 7) is 12.2. The van der Waals surface area contributed by atoms with Crippen molar-refractivity contribution in [3.63, 3.8) is 0 Å². The lowest BCUT2D eigenvalue weighted by molar-refractivity contribution is 0.132. The second-order valence-corrected chi connectivity index (χ2v) is 4.10. The number of aliphatic hydroxyl groups excluding tert-OH is 1. The van der Waals surface area contributed by atoms with Gasteiger partial charge in [0.05, 0.1) is 0 Å². The van der Waals surface area contributed by atoms with Gasteiger partial charge in [0, 0.05) is 6.61 Å². The SMILES string of the molecule is CCN(CC)CCC(C)(C)CO. The fraction of sp³-hybridized carbons (Fsp3) is 1.00. The van der Waals surface area contributed by atoms with Crippen molar-refractivity contribution in [2.24, 2.45) is 5.41 Å².